The smallest absolute Gasteiger partial charge is 0.376 e. The predicted octanol–water partition coefficient (Wildman–Crippen LogP) is 2.04. The molecule has 0 spiro atoms. The van der Waals surface area contributed by atoms with E-state index in [0.717, 1.165) is 12.8 Å². The fourth-order valence-corrected chi connectivity index (χ4v) is 1.31. The number of oxazole rings is 1. The van der Waals surface area contributed by atoms with Gasteiger partial charge >= 0.3 is 5.97 Å². The molecule has 1 aromatic heterocycles. The van der Waals surface area contributed by atoms with Crippen LogP contribution in [0.3, 0.4) is 0 Å². The van der Waals surface area contributed by atoms with Crippen LogP contribution in [0.2, 0.25) is 0 Å². The standard InChI is InChI=1S/C10H13NO3/c1-3-13-10(12)8-6(2)11-9(14-8)7-4-5-7/h7H,3-5H2,1-2H3. The Balaban J connectivity index is 2.19. The maximum Gasteiger partial charge on any atom is 0.376 e. The Labute approximate surface area is 82.3 Å². The monoisotopic (exact) mass is 195 g/mol. The number of hydrogen-bond acceptors (Lipinski definition) is 4. The molecule has 2 rings (SSSR count). The average Bonchev–Trinajstić information content (AvgIpc) is 2.91. The highest BCUT2D eigenvalue weighted by molar-refractivity contribution is 5.87. The Bertz CT molecular complexity index is 352. The molecule has 0 bridgehead atoms. The number of ether oxygens (including phenoxy) is 1. The molecule has 1 aromatic rings. The number of esters is 1. The summed E-state index contributed by atoms with van der Waals surface area (Å²) in [6, 6.07) is 0. The highest BCUT2D eigenvalue weighted by Crippen LogP contribution is 2.40. The van der Waals surface area contributed by atoms with Gasteiger partial charge in [0.15, 0.2) is 5.89 Å². The van der Waals surface area contributed by atoms with Gasteiger partial charge in [-0.25, -0.2) is 9.78 Å². The predicted molar refractivity (Wildman–Crippen MR) is 49.2 cm³/mol. The molecule has 0 amide bonds. The Morgan fingerprint density at radius 2 is 2.36 bits per heavy atom. The van der Waals surface area contributed by atoms with Crippen LogP contribution in [0.15, 0.2) is 4.42 Å². The third-order valence-corrected chi connectivity index (χ3v) is 2.20. The Morgan fingerprint density at radius 1 is 1.64 bits per heavy atom. The average molecular weight is 195 g/mol. The SMILES string of the molecule is CCOC(=O)c1oc(C2CC2)nc1C. The minimum atomic E-state index is -0.413. The summed E-state index contributed by atoms with van der Waals surface area (Å²) >= 11 is 0. The van der Waals surface area contributed by atoms with Crippen molar-refractivity contribution in [2.45, 2.75) is 32.6 Å². The zero-order valence-corrected chi connectivity index (χ0v) is 8.37. The van der Waals surface area contributed by atoms with E-state index >= 15 is 0 Å². The molecule has 1 aliphatic carbocycles. The minimum Gasteiger partial charge on any atom is -0.460 e. The molecule has 0 aromatic carbocycles. The van der Waals surface area contributed by atoms with E-state index in [1.54, 1.807) is 13.8 Å². The zero-order chi connectivity index (χ0) is 10.1. The quantitative estimate of drug-likeness (QED) is 0.692. The summed E-state index contributed by atoms with van der Waals surface area (Å²) in [5.41, 5.74) is 0.630. The first-order chi connectivity index (χ1) is 6.72. The summed E-state index contributed by atoms with van der Waals surface area (Å²) < 4.78 is 10.2. The molecular formula is C10H13NO3. The first kappa shape index (κ1) is 9.24. The summed E-state index contributed by atoms with van der Waals surface area (Å²) in [4.78, 5) is 15.6. The molecule has 1 aliphatic rings. The van der Waals surface area contributed by atoms with E-state index < -0.39 is 5.97 Å². The molecule has 1 fully saturated rings. The molecule has 76 valence electrons. The van der Waals surface area contributed by atoms with Gasteiger partial charge in [0, 0.05) is 5.92 Å². The van der Waals surface area contributed by atoms with Gasteiger partial charge in [0.05, 0.1) is 12.3 Å². The van der Waals surface area contributed by atoms with E-state index in [1.165, 1.54) is 0 Å². The fraction of sp³-hybridized carbons (Fsp3) is 0.600. The number of rotatable bonds is 3. The lowest BCUT2D eigenvalue weighted by molar-refractivity contribution is 0.0487. The highest BCUT2D eigenvalue weighted by Gasteiger charge is 2.31. The van der Waals surface area contributed by atoms with Crippen LogP contribution < -0.4 is 0 Å². The summed E-state index contributed by atoms with van der Waals surface area (Å²) in [6.45, 7) is 3.89. The third-order valence-electron chi connectivity index (χ3n) is 2.20. The minimum absolute atomic E-state index is 0.258. The maximum atomic E-state index is 11.4. The van der Waals surface area contributed by atoms with Gasteiger partial charge in [-0.1, -0.05) is 0 Å². The van der Waals surface area contributed by atoms with E-state index in [9.17, 15) is 4.79 Å². The molecule has 1 saturated carbocycles. The molecule has 1 heterocycles. The summed E-state index contributed by atoms with van der Waals surface area (Å²) in [5, 5.41) is 0. The van der Waals surface area contributed by atoms with Gasteiger partial charge in [0.25, 0.3) is 0 Å². The van der Waals surface area contributed by atoms with E-state index in [1.807, 2.05) is 0 Å². The number of aromatic nitrogens is 1. The summed E-state index contributed by atoms with van der Waals surface area (Å²) in [6.07, 6.45) is 2.23. The first-order valence-corrected chi connectivity index (χ1v) is 4.86. The van der Waals surface area contributed by atoms with E-state index in [2.05, 4.69) is 4.98 Å². The van der Waals surface area contributed by atoms with Crippen molar-refractivity contribution in [2.75, 3.05) is 6.61 Å². The lowest BCUT2D eigenvalue weighted by Crippen LogP contribution is -2.04. The lowest BCUT2D eigenvalue weighted by atomic mass is 10.4. The molecule has 0 atom stereocenters. The zero-order valence-electron chi connectivity index (χ0n) is 8.37. The molecule has 4 nitrogen and oxygen atoms in total. The van der Waals surface area contributed by atoms with Crippen LogP contribution in [0.4, 0.5) is 0 Å². The molecule has 4 heteroatoms. The van der Waals surface area contributed by atoms with E-state index in [4.69, 9.17) is 9.15 Å². The van der Waals surface area contributed by atoms with Crippen LogP contribution in [0, 0.1) is 6.92 Å². The second kappa shape index (κ2) is 3.44. The van der Waals surface area contributed by atoms with Crippen LogP contribution >= 0.6 is 0 Å². The van der Waals surface area contributed by atoms with Crippen molar-refractivity contribution < 1.29 is 13.9 Å². The largest absolute Gasteiger partial charge is 0.460 e. The first-order valence-electron chi connectivity index (χ1n) is 4.86. The van der Waals surface area contributed by atoms with E-state index in [-0.39, 0.29) is 5.76 Å². The van der Waals surface area contributed by atoms with Crippen LogP contribution in [0.25, 0.3) is 0 Å². The van der Waals surface area contributed by atoms with Crippen LogP contribution in [-0.2, 0) is 4.74 Å². The van der Waals surface area contributed by atoms with Gasteiger partial charge in [0.1, 0.15) is 0 Å². The topological polar surface area (TPSA) is 52.3 Å². The number of nitrogens with zero attached hydrogens (tertiary/aromatic N) is 1. The Hall–Kier alpha value is -1.32. The van der Waals surface area contributed by atoms with Crippen molar-refractivity contribution in [1.29, 1.82) is 0 Å². The molecular weight excluding hydrogens is 182 g/mol. The molecule has 14 heavy (non-hydrogen) atoms. The Morgan fingerprint density at radius 3 is 2.93 bits per heavy atom. The number of carbonyl (C=O) groups excluding carboxylic acids is 1. The molecule has 0 unspecified atom stereocenters. The van der Waals surface area contributed by atoms with E-state index in [0.29, 0.717) is 24.1 Å². The maximum absolute atomic E-state index is 11.4. The lowest BCUT2D eigenvalue weighted by Gasteiger charge is -1.96. The fourth-order valence-electron chi connectivity index (χ4n) is 1.31. The number of carbonyl (C=O) groups is 1. The second-order valence-corrected chi connectivity index (χ2v) is 3.46. The van der Waals surface area contributed by atoms with Crippen molar-refractivity contribution in [3.8, 4) is 0 Å². The van der Waals surface area contributed by atoms with Crippen molar-refractivity contribution >= 4 is 5.97 Å². The number of hydrogen-bond donors (Lipinski definition) is 0. The molecule has 0 radical (unpaired) electrons. The third kappa shape index (κ3) is 1.64. The molecule has 0 N–H and O–H groups in total. The number of aryl methyl sites for hydroxylation is 1. The van der Waals surface area contributed by atoms with Crippen LogP contribution in [0.5, 0.6) is 0 Å². The second-order valence-electron chi connectivity index (χ2n) is 3.46. The highest BCUT2D eigenvalue weighted by atomic mass is 16.5. The van der Waals surface area contributed by atoms with Gasteiger partial charge < -0.3 is 9.15 Å². The van der Waals surface area contributed by atoms with Crippen LogP contribution in [-0.4, -0.2) is 17.6 Å². The van der Waals surface area contributed by atoms with Gasteiger partial charge in [-0.2, -0.15) is 0 Å². The molecule has 0 saturated heterocycles. The van der Waals surface area contributed by atoms with Gasteiger partial charge in [-0.3, -0.25) is 0 Å². The van der Waals surface area contributed by atoms with Crippen molar-refractivity contribution in [2.24, 2.45) is 0 Å². The Kier molecular flexibility index (Phi) is 2.27. The summed E-state index contributed by atoms with van der Waals surface area (Å²) in [7, 11) is 0. The van der Waals surface area contributed by atoms with Crippen molar-refractivity contribution in [1.82, 2.24) is 4.98 Å². The van der Waals surface area contributed by atoms with Gasteiger partial charge in [-0.05, 0) is 26.7 Å². The summed E-state index contributed by atoms with van der Waals surface area (Å²) in [5.74, 6) is 0.959. The molecule has 0 aliphatic heterocycles. The van der Waals surface area contributed by atoms with Crippen molar-refractivity contribution in [3.63, 3.8) is 0 Å². The van der Waals surface area contributed by atoms with Crippen LogP contribution in [0.1, 0.15) is 47.8 Å². The van der Waals surface area contributed by atoms with Gasteiger partial charge in [-0.15, -0.1) is 0 Å². The van der Waals surface area contributed by atoms with Crippen molar-refractivity contribution in [3.05, 3.63) is 17.3 Å². The van der Waals surface area contributed by atoms with Gasteiger partial charge in [0.2, 0.25) is 5.76 Å². The normalized spacial score (nSPS) is 15.6.